The van der Waals surface area contributed by atoms with Gasteiger partial charge in [-0.3, -0.25) is 4.79 Å². The van der Waals surface area contributed by atoms with E-state index in [1.165, 1.54) is 0 Å². The normalized spacial score (nSPS) is 23.9. The van der Waals surface area contributed by atoms with Crippen molar-refractivity contribution >= 4 is 5.91 Å². The molecule has 1 saturated carbocycles. The molecule has 0 saturated heterocycles. The summed E-state index contributed by atoms with van der Waals surface area (Å²) in [4.78, 5) is 16.7. The number of nitrogens with two attached hydrogens (primary N) is 1. The van der Waals surface area contributed by atoms with Crippen LogP contribution in [-0.4, -0.2) is 55.5 Å². The predicted octanol–water partition coefficient (Wildman–Crippen LogP) is 1.16. The summed E-state index contributed by atoms with van der Waals surface area (Å²) in [5.41, 5.74) is 5.91. The van der Waals surface area contributed by atoms with Gasteiger partial charge in [-0.25, -0.2) is 0 Å². The third kappa shape index (κ3) is 4.94. The highest BCUT2D eigenvalue weighted by Gasteiger charge is 2.31. The summed E-state index contributed by atoms with van der Waals surface area (Å²) < 4.78 is 0. The highest BCUT2D eigenvalue weighted by atomic mass is 16.2. The quantitative estimate of drug-likeness (QED) is 0.775. The number of amides is 1. The Balaban J connectivity index is 2.54. The third-order valence-electron chi connectivity index (χ3n) is 3.54. The van der Waals surface area contributed by atoms with E-state index in [1.54, 1.807) is 0 Å². The summed E-state index contributed by atoms with van der Waals surface area (Å²) in [6.07, 6.45) is 2.84. The van der Waals surface area contributed by atoms with Crippen molar-refractivity contribution in [3.63, 3.8) is 0 Å². The molecule has 1 rings (SSSR count). The lowest BCUT2D eigenvalue weighted by Crippen LogP contribution is -2.42. The molecule has 0 heterocycles. The molecule has 4 nitrogen and oxygen atoms in total. The van der Waals surface area contributed by atoms with Crippen LogP contribution in [0, 0.1) is 11.8 Å². The molecule has 0 aromatic rings. The first-order valence-corrected chi connectivity index (χ1v) is 7.09. The van der Waals surface area contributed by atoms with Crippen molar-refractivity contribution in [3.05, 3.63) is 0 Å². The summed E-state index contributed by atoms with van der Waals surface area (Å²) in [5.74, 6) is 1.01. The van der Waals surface area contributed by atoms with Gasteiger partial charge >= 0.3 is 0 Å². The van der Waals surface area contributed by atoms with E-state index in [9.17, 15) is 4.79 Å². The predicted molar refractivity (Wildman–Crippen MR) is 75.3 cm³/mol. The van der Waals surface area contributed by atoms with E-state index < -0.39 is 0 Å². The first kappa shape index (κ1) is 15.4. The maximum Gasteiger partial charge on any atom is 0.225 e. The first-order chi connectivity index (χ1) is 8.40. The Morgan fingerprint density at radius 1 is 1.28 bits per heavy atom. The lowest BCUT2D eigenvalue weighted by atomic mass is 10.1. The maximum absolute atomic E-state index is 12.5. The number of carbonyl (C=O) groups is 1. The van der Waals surface area contributed by atoms with Crippen molar-refractivity contribution in [1.29, 1.82) is 0 Å². The molecular formula is C14H29N3O. The topological polar surface area (TPSA) is 49.6 Å². The second-order valence-electron chi connectivity index (χ2n) is 6.25. The average molecular weight is 255 g/mol. The van der Waals surface area contributed by atoms with Crippen LogP contribution >= 0.6 is 0 Å². The maximum atomic E-state index is 12.5. The van der Waals surface area contributed by atoms with E-state index in [2.05, 4.69) is 18.7 Å². The minimum Gasteiger partial charge on any atom is -0.341 e. The van der Waals surface area contributed by atoms with Crippen LogP contribution in [0.3, 0.4) is 0 Å². The molecule has 4 heteroatoms. The van der Waals surface area contributed by atoms with Gasteiger partial charge in [0.1, 0.15) is 0 Å². The Morgan fingerprint density at radius 2 is 1.94 bits per heavy atom. The van der Waals surface area contributed by atoms with Crippen LogP contribution in [0.4, 0.5) is 0 Å². The SMILES string of the molecule is CC(C)CN(CCN(C)C)C(=O)C1CCC(N)C1. The Hall–Kier alpha value is -0.610. The van der Waals surface area contributed by atoms with Crippen molar-refractivity contribution in [2.75, 3.05) is 33.7 Å². The van der Waals surface area contributed by atoms with Gasteiger partial charge in [-0.1, -0.05) is 13.8 Å². The number of hydrogen-bond donors (Lipinski definition) is 1. The Bertz CT molecular complexity index is 266. The molecule has 0 bridgehead atoms. The van der Waals surface area contributed by atoms with Gasteiger partial charge in [0.05, 0.1) is 0 Å². The molecule has 1 amide bonds. The molecule has 106 valence electrons. The zero-order valence-electron chi connectivity index (χ0n) is 12.4. The fourth-order valence-electron chi connectivity index (χ4n) is 2.55. The van der Waals surface area contributed by atoms with E-state index >= 15 is 0 Å². The van der Waals surface area contributed by atoms with Crippen molar-refractivity contribution in [3.8, 4) is 0 Å². The van der Waals surface area contributed by atoms with Crippen LogP contribution in [0.2, 0.25) is 0 Å². The van der Waals surface area contributed by atoms with Gasteiger partial charge in [-0.15, -0.1) is 0 Å². The van der Waals surface area contributed by atoms with E-state index in [0.29, 0.717) is 11.8 Å². The van der Waals surface area contributed by atoms with Crippen LogP contribution < -0.4 is 5.73 Å². The van der Waals surface area contributed by atoms with Crippen LogP contribution in [0.25, 0.3) is 0 Å². The van der Waals surface area contributed by atoms with Crippen LogP contribution in [0.5, 0.6) is 0 Å². The van der Waals surface area contributed by atoms with Gasteiger partial charge in [0.25, 0.3) is 0 Å². The molecule has 0 aromatic carbocycles. The van der Waals surface area contributed by atoms with Crippen molar-refractivity contribution in [2.24, 2.45) is 17.6 Å². The summed E-state index contributed by atoms with van der Waals surface area (Å²) in [7, 11) is 4.09. The molecule has 2 N–H and O–H groups in total. The molecule has 0 radical (unpaired) electrons. The number of hydrogen-bond acceptors (Lipinski definition) is 3. The Kier molecular flexibility index (Phi) is 6.09. The minimum absolute atomic E-state index is 0.168. The largest absolute Gasteiger partial charge is 0.341 e. The second-order valence-corrected chi connectivity index (χ2v) is 6.25. The lowest BCUT2D eigenvalue weighted by Gasteiger charge is -2.28. The highest BCUT2D eigenvalue weighted by Crippen LogP contribution is 2.26. The van der Waals surface area contributed by atoms with E-state index in [1.807, 2.05) is 19.0 Å². The van der Waals surface area contributed by atoms with E-state index in [4.69, 9.17) is 5.73 Å². The minimum atomic E-state index is 0.168. The van der Waals surface area contributed by atoms with E-state index in [0.717, 1.165) is 38.9 Å². The van der Waals surface area contributed by atoms with Crippen LogP contribution in [0.1, 0.15) is 33.1 Å². The van der Waals surface area contributed by atoms with Gasteiger partial charge < -0.3 is 15.5 Å². The lowest BCUT2D eigenvalue weighted by molar-refractivity contribution is -0.136. The monoisotopic (exact) mass is 255 g/mol. The number of likely N-dealkylation sites (N-methyl/N-ethyl adjacent to an activating group) is 1. The molecule has 18 heavy (non-hydrogen) atoms. The second kappa shape index (κ2) is 7.10. The molecular weight excluding hydrogens is 226 g/mol. The standard InChI is InChI=1S/C14H29N3O/c1-11(2)10-17(8-7-16(3)4)14(18)12-5-6-13(15)9-12/h11-13H,5-10,15H2,1-4H3. The molecule has 1 aliphatic rings. The third-order valence-corrected chi connectivity index (χ3v) is 3.54. The summed E-state index contributed by atoms with van der Waals surface area (Å²) in [6, 6.07) is 0.230. The van der Waals surface area contributed by atoms with Crippen molar-refractivity contribution < 1.29 is 4.79 Å². The number of nitrogens with zero attached hydrogens (tertiary/aromatic N) is 2. The van der Waals surface area contributed by atoms with Gasteiger partial charge in [-0.2, -0.15) is 0 Å². The summed E-state index contributed by atoms with van der Waals surface area (Å²) >= 11 is 0. The van der Waals surface area contributed by atoms with Crippen molar-refractivity contribution in [2.45, 2.75) is 39.2 Å². The molecule has 2 atom stereocenters. The van der Waals surface area contributed by atoms with Gasteiger partial charge in [0.2, 0.25) is 5.91 Å². The van der Waals surface area contributed by atoms with Crippen molar-refractivity contribution in [1.82, 2.24) is 9.80 Å². The fourth-order valence-corrected chi connectivity index (χ4v) is 2.55. The van der Waals surface area contributed by atoms with Crippen LogP contribution in [0.15, 0.2) is 0 Å². The molecule has 0 aromatic heterocycles. The summed E-state index contributed by atoms with van der Waals surface area (Å²) in [6.45, 7) is 6.94. The number of carbonyl (C=O) groups excluding carboxylic acids is 1. The van der Waals surface area contributed by atoms with Gasteiger partial charge in [0, 0.05) is 31.6 Å². The first-order valence-electron chi connectivity index (χ1n) is 7.09. The van der Waals surface area contributed by atoms with Gasteiger partial charge in [0.15, 0.2) is 0 Å². The van der Waals surface area contributed by atoms with Gasteiger partial charge in [-0.05, 0) is 39.3 Å². The molecule has 1 aliphatic carbocycles. The van der Waals surface area contributed by atoms with Crippen LogP contribution in [-0.2, 0) is 4.79 Å². The molecule has 2 unspecified atom stereocenters. The number of rotatable bonds is 6. The highest BCUT2D eigenvalue weighted by molar-refractivity contribution is 5.79. The molecule has 0 aliphatic heterocycles. The smallest absolute Gasteiger partial charge is 0.225 e. The molecule has 1 fully saturated rings. The fraction of sp³-hybridized carbons (Fsp3) is 0.929. The summed E-state index contributed by atoms with van der Waals surface area (Å²) in [5, 5.41) is 0. The molecule has 0 spiro atoms. The van der Waals surface area contributed by atoms with E-state index in [-0.39, 0.29) is 12.0 Å². The average Bonchev–Trinajstić information content (AvgIpc) is 2.69. The zero-order valence-corrected chi connectivity index (χ0v) is 12.4. The Morgan fingerprint density at radius 3 is 2.39 bits per heavy atom. The Labute approximate surface area is 111 Å². The zero-order chi connectivity index (χ0) is 13.7.